The third-order valence-electron chi connectivity index (χ3n) is 2.35. The van der Waals surface area contributed by atoms with Crippen molar-refractivity contribution in [3.05, 3.63) is 0 Å². The van der Waals surface area contributed by atoms with Gasteiger partial charge in [0.25, 0.3) is 0 Å². The van der Waals surface area contributed by atoms with Crippen LogP contribution in [0.25, 0.3) is 0 Å². The van der Waals surface area contributed by atoms with Crippen LogP contribution in [0.15, 0.2) is 0 Å². The molecule has 1 saturated heterocycles. The highest BCUT2D eigenvalue weighted by atomic mass is 35.5. The first-order chi connectivity index (χ1) is 6.83. The fraction of sp³-hybridized carbons (Fsp3) is 0.900. The predicted octanol–water partition coefficient (Wildman–Crippen LogP) is 0.595. The molecule has 0 aromatic heterocycles. The molecule has 5 nitrogen and oxygen atoms in total. The van der Waals surface area contributed by atoms with Gasteiger partial charge in [-0.1, -0.05) is 0 Å². The van der Waals surface area contributed by atoms with Gasteiger partial charge in [-0.05, 0) is 20.8 Å². The van der Waals surface area contributed by atoms with Crippen LogP contribution in [0.1, 0.15) is 20.8 Å². The van der Waals surface area contributed by atoms with Gasteiger partial charge in [0.1, 0.15) is 5.60 Å². The van der Waals surface area contributed by atoms with Gasteiger partial charge in [0, 0.05) is 25.6 Å². The smallest absolute Gasteiger partial charge is 0.410 e. The van der Waals surface area contributed by atoms with Crippen molar-refractivity contribution < 1.29 is 14.6 Å². The second kappa shape index (κ2) is 5.70. The Labute approximate surface area is 102 Å². The molecule has 1 aliphatic rings. The lowest BCUT2D eigenvalue weighted by molar-refractivity contribution is -0.0282. The number of aliphatic hydroxyl groups is 1. The van der Waals surface area contributed by atoms with Crippen molar-refractivity contribution in [1.82, 2.24) is 4.90 Å². The number of amides is 1. The molecule has 1 rings (SSSR count). The molecule has 1 amide bonds. The van der Waals surface area contributed by atoms with E-state index in [2.05, 4.69) is 0 Å². The summed E-state index contributed by atoms with van der Waals surface area (Å²) in [6.45, 7) is 6.80. The van der Waals surface area contributed by atoms with Gasteiger partial charge in [-0.15, -0.1) is 12.4 Å². The quantitative estimate of drug-likeness (QED) is 0.755. The van der Waals surface area contributed by atoms with E-state index in [-0.39, 0.29) is 31.0 Å². The first-order valence-corrected chi connectivity index (χ1v) is 5.19. The van der Waals surface area contributed by atoms with Crippen LogP contribution in [0.4, 0.5) is 4.79 Å². The van der Waals surface area contributed by atoms with E-state index in [1.165, 1.54) is 0 Å². The van der Waals surface area contributed by atoms with E-state index >= 15 is 0 Å². The molecule has 96 valence electrons. The van der Waals surface area contributed by atoms with Crippen LogP contribution in [0.5, 0.6) is 0 Å². The summed E-state index contributed by atoms with van der Waals surface area (Å²) in [5.41, 5.74) is 4.86. The number of carbonyl (C=O) groups excluding carboxylic acids is 1. The van der Waals surface area contributed by atoms with Gasteiger partial charge in [0.2, 0.25) is 0 Å². The summed E-state index contributed by atoms with van der Waals surface area (Å²) in [5.74, 6) is 0.0996. The monoisotopic (exact) mass is 252 g/mol. The first kappa shape index (κ1) is 15.5. The van der Waals surface area contributed by atoms with Crippen LogP contribution in [-0.4, -0.2) is 47.4 Å². The van der Waals surface area contributed by atoms with E-state index in [0.29, 0.717) is 13.1 Å². The standard InChI is InChI=1S/C10H20N2O3.ClH/c1-10(2,3)15-9(14)12-5-7(6-12)8(13)4-11;/h7-8,13H,4-6,11H2,1-3H3;1H. The van der Waals surface area contributed by atoms with Crippen molar-refractivity contribution in [2.45, 2.75) is 32.5 Å². The summed E-state index contributed by atoms with van der Waals surface area (Å²) in [5, 5.41) is 9.41. The Morgan fingerprint density at radius 3 is 2.44 bits per heavy atom. The van der Waals surface area contributed by atoms with Crippen LogP contribution in [0.2, 0.25) is 0 Å². The average molecular weight is 253 g/mol. The van der Waals surface area contributed by atoms with Crippen molar-refractivity contribution in [2.24, 2.45) is 11.7 Å². The number of hydrogen-bond acceptors (Lipinski definition) is 4. The Balaban J connectivity index is 0.00000225. The topological polar surface area (TPSA) is 75.8 Å². The van der Waals surface area contributed by atoms with E-state index in [0.717, 1.165) is 0 Å². The molecule has 16 heavy (non-hydrogen) atoms. The molecular weight excluding hydrogens is 232 g/mol. The van der Waals surface area contributed by atoms with Crippen molar-refractivity contribution >= 4 is 18.5 Å². The molecule has 1 atom stereocenters. The first-order valence-electron chi connectivity index (χ1n) is 5.19. The molecule has 1 fully saturated rings. The van der Waals surface area contributed by atoms with Crippen molar-refractivity contribution in [2.75, 3.05) is 19.6 Å². The molecule has 0 aromatic rings. The molecule has 0 spiro atoms. The second-order valence-corrected chi connectivity index (χ2v) is 4.95. The molecule has 1 heterocycles. The van der Waals surface area contributed by atoms with Gasteiger partial charge in [0.15, 0.2) is 0 Å². The van der Waals surface area contributed by atoms with Crippen LogP contribution in [0.3, 0.4) is 0 Å². The molecule has 1 aliphatic heterocycles. The highest BCUT2D eigenvalue weighted by molar-refractivity contribution is 5.85. The zero-order chi connectivity index (χ0) is 11.6. The van der Waals surface area contributed by atoms with Gasteiger partial charge in [-0.3, -0.25) is 0 Å². The number of nitrogens with two attached hydrogens (primary N) is 1. The summed E-state index contributed by atoms with van der Waals surface area (Å²) in [7, 11) is 0. The molecule has 1 unspecified atom stereocenters. The molecule has 3 N–H and O–H groups in total. The zero-order valence-corrected chi connectivity index (χ0v) is 10.8. The molecule has 0 aromatic carbocycles. The number of rotatable bonds is 2. The average Bonchev–Trinajstić information content (AvgIpc) is 1.97. The summed E-state index contributed by atoms with van der Waals surface area (Å²) >= 11 is 0. The van der Waals surface area contributed by atoms with E-state index in [9.17, 15) is 9.90 Å². The van der Waals surface area contributed by atoms with E-state index in [4.69, 9.17) is 10.5 Å². The van der Waals surface area contributed by atoms with Crippen molar-refractivity contribution in [1.29, 1.82) is 0 Å². The number of nitrogens with zero attached hydrogens (tertiary/aromatic N) is 1. The lowest BCUT2D eigenvalue weighted by atomic mass is 9.94. The molecule has 0 bridgehead atoms. The van der Waals surface area contributed by atoms with Gasteiger partial charge in [-0.2, -0.15) is 0 Å². The third kappa shape index (κ3) is 4.15. The molecule has 0 radical (unpaired) electrons. The molecule has 0 saturated carbocycles. The fourth-order valence-corrected chi connectivity index (χ4v) is 1.42. The van der Waals surface area contributed by atoms with Gasteiger partial charge < -0.3 is 20.5 Å². The summed E-state index contributed by atoms with van der Waals surface area (Å²) < 4.78 is 5.18. The number of halogens is 1. The lowest BCUT2D eigenvalue weighted by Gasteiger charge is -2.41. The Kier molecular flexibility index (Phi) is 5.52. The lowest BCUT2D eigenvalue weighted by Crippen LogP contribution is -2.56. The van der Waals surface area contributed by atoms with E-state index < -0.39 is 11.7 Å². The van der Waals surface area contributed by atoms with E-state index in [1.54, 1.807) is 4.90 Å². The van der Waals surface area contributed by atoms with Crippen molar-refractivity contribution in [3.8, 4) is 0 Å². The summed E-state index contributed by atoms with van der Waals surface area (Å²) in [6.07, 6.45) is -0.827. The largest absolute Gasteiger partial charge is 0.444 e. The number of ether oxygens (including phenoxy) is 1. The van der Waals surface area contributed by atoms with Crippen molar-refractivity contribution in [3.63, 3.8) is 0 Å². The minimum absolute atomic E-state index is 0. The maximum atomic E-state index is 11.5. The SMILES string of the molecule is CC(C)(C)OC(=O)N1CC(C(O)CN)C1.Cl. The summed E-state index contributed by atoms with van der Waals surface area (Å²) in [6, 6.07) is 0. The minimum atomic E-state index is -0.510. The third-order valence-corrected chi connectivity index (χ3v) is 2.35. The van der Waals surface area contributed by atoms with Gasteiger partial charge in [0.05, 0.1) is 6.10 Å². The van der Waals surface area contributed by atoms with Gasteiger partial charge in [-0.25, -0.2) is 4.79 Å². The predicted molar refractivity (Wildman–Crippen MR) is 63.6 cm³/mol. The van der Waals surface area contributed by atoms with Crippen LogP contribution in [-0.2, 0) is 4.74 Å². The highest BCUT2D eigenvalue weighted by Gasteiger charge is 2.36. The minimum Gasteiger partial charge on any atom is -0.444 e. The number of hydrogen-bond donors (Lipinski definition) is 2. The van der Waals surface area contributed by atoms with E-state index in [1.807, 2.05) is 20.8 Å². The highest BCUT2D eigenvalue weighted by Crippen LogP contribution is 2.21. The van der Waals surface area contributed by atoms with Gasteiger partial charge >= 0.3 is 6.09 Å². The molecule has 6 heteroatoms. The normalized spacial score (nSPS) is 18.4. The Morgan fingerprint density at radius 2 is 2.06 bits per heavy atom. The fourth-order valence-electron chi connectivity index (χ4n) is 1.42. The van der Waals surface area contributed by atoms with Crippen LogP contribution < -0.4 is 5.73 Å². The Bertz CT molecular complexity index is 237. The Morgan fingerprint density at radius 1 is 1.56 bits per heavy atom. The zero-order valence-electron chi connectivity index (χ0n) is 9.97. The maximum absolute atomic E-state index is 11.5. The van der Waals surface area contributed by atoms with Crippen LogP contribution >= 0.6 is 12.4 Å². The second-order valence-electron chi connectivity index (χ2n) is 4.95. The summed E-state index contributed by atoms with van der Waals surface area (Å²) in [4.78, 5) is 13.1. The molecular formula is C10H21ClN2O3. The van der Waals surface area contributed by atoms with Crippen LogP contribution in [0, 0.1) is 5.92 Å². The Hall–Kier alpha value is -0.520. The number of likely N-dealkylation sites (tertiary alicyclic amines) is 1. The molecule has 0 aliphatic carbocycles. The maximum Gasteiger partial charge on any atom is 0.410 e. The number of carbonyl (C=O) groups is 1. The number of aliphatic hydroxyl groups excluding tert-OH is 1.